The first kappa shape index (κ1) is 20.3. The van der Waals surface area contributed by atoms with Crippen molar-refractivity contribution < 1.29 is 19.1 Å². The standard InChI is InChI=1S/C20H15Cl2NO4S/c1-11(18(25)12-6-8-13(21)9-7-12)27-16(24)10-23-20(26)19-17(22)14-4-2-3-5-15(14)28-19/h2-9,11H,10H2,1H3,(H,23,26). The van der Waals surface area contributed by atoms with Crippen molar-refractivity contribution in [3.8, 4) is 0 Å². The zero-order valence-corrected chi connectivity index (χ0v) is 17.0. The Hall–Kier alpha value is -2.41. The molecule has 1 amide bonds. The van der Waals surface area contributed by atoms with E-state index < -0.39 is 18.0 Å². The van der Waals surface area contributed by atoms with Crippen LogP contribution in [-0.4, -0.2) is 30.3 Å². The Bertz CT molecular complexity index is 1050. The summed E-state index contributed by atoms with van der Waals surface area (Å²) in [4.78, 5) is 36.9. The normalized spacial score (nSPS) is 11.8. The molecular weight excluding hydrogens is 421 g/mol. The molecule has 1 atom stereocenters. The van der Waals surface area contributed by atoms with Gasteiger partial charge < -0.3 is 10.1 Å². The van der Waals surface area contributed by atoms with Crippen LogP contribution in [0.15, 0.2) is 48.5 Å². The first-order valence-electron chi connectivity index (χ1n) is 8.31. The van der Waals surface area contributed by atoms with Gasteiger partial charge in [-0.3, -0.25) is 14.4 Å². The van der Waals surface area contributed by atoms with Crippen LogP contribution in [0.3, 0.4) is 0 Å². The Labute approximate surface area is 175 Å². The van der Waals surface area contributed by atoms with Crippen molar-refractivity contribution in [2.24, 2.45) is 0 Å². The lowest BCUT2D eigenvalue weighted by atomic mass is 10.1. The summed E-state index contributed by atoms with van der Waals surface area (Å²) in [6.45, 7) is 1.10. The quantitative estimate of drug-likeness (QED) is 0.447. The molecule has 144 valence electrons. The minimum atomic E-state index is -0.988. The fraction of sp³-hybridized carbons (Fsp3) is 0.150. The molecule has 0 saturated carbocycles. The molecule has 0 aliphatic carbocycles. The highest BCUT2D eigenvalue weighted by atomic mass is 35.5. The lowest BCUT2D eigenvalue weighted by Gasteiger charge is -2.12. The predicted molar refractivity (Wildman–Crippen MR) is 111 cm³/mol. The van der Waals surface area contributed by atoms with E-state index in [-0.39, 0.29) is 12.3 Å². The number of esters is 1. The molecule has 0 spiro atoms. The number of nitrogens with one attached hydrogen (secondary N) is 1. The van der Waals surface area contributed by atoms with Gasteiger partial charge in [0.2, 0.25) is 5.78 Å². The number of hydrogen-bond donors (Lipinski definition) is 1. The number of carbonyl (C=O) groups is 3. The molecule has 0 saturated heterocycles. The lowest BCUT2D eigenvalue weighted by molar-refractivity contribution is -0.145. The van der Waals surface area contributed by atoms with Crippen molar-refractivity contribution in [3.05, 3.63) is 69.0 Å². The van der Waals surface area contributed by atoms with E-state index in [2.05, 4.69) is 5.32 Å². The highest BCUT2D eigenvalue weighted by molar-refractivity contribution is 7.21. The Balaban J connectivity index is 1.57. The lowest BCUT2D eigenvalue weighted by Crippen LogP contribution is -2.33. The number of fused-ring (bicyclic) bond motifs is 1. The average Bonchev–Trinajstić information content (AvgIpc) is 3.03. The number of amides is 1. The zero-order chi connectivity index (χ0) is 20.3. The molecule has 0 aliphatic rings. The van der Waals surface area contributed by atoms with Crippen molar-refractivity contribution >= 4 is 62.3 Å². The summed E-state index contributed by atoms with van der Waals surface area (Å²) < 4.78 is 5.98. The topological polar surface area (TPSA) is 72.5 Å². The number of carbonyl (C=O) groups excluding carboxylic acids is 3. The SMILES string of the molecule is CC(OC(=O)CNC(=O)c1sc2ccccc2c1Cl)C(=O)c1ccc(Cl)cc1. The van der Waals surface area contributed by atoms with Gasteiger partial charge in [0.25, 0.3) is 5.91 Å². The molecular formula is C20H15Cl2NO4S. The van der Waals surface area contributed by atoms with Crippen molar-refractivity contribution in [1.82, 2.24) is 5.32 Å². The minimum Gasteiger partial charge on any atom is -0.453 e. The van der Waals surface area contributed by atoms with E-state index in [0.29, 0.717) is 20.5 Å². The monoisotopic (exact) mass is 435 g/mol. The molecule has 1 aromatic heterocycles. The molecule has 0 radical (unpaired) electrons. The Kier molecular flexibility index (Phi) is 6.34. The van der Waals surface area contributed by atoms with Gasteiger partial charge >= 0.3 is 5.97 Å². The molecule has 2 aromatic carbocycles. The van der Waals surface area contributed by atoms with Gasteiger partial charge in [0, 0.05) is 20.7 Å². The van der Waals surface area contributed by atoms with Crippen LogP contribution in [0.5, 0.6) is 0 Å². The zero-order valence-electron chi connectivity index (χ0n) is 14.7. The number of benzene rings is 2. The summed E-state index contributed by atoms with van der Waals surface area (Å²) in [5, 5.41) is 4.11. The molecule has 0 fully saturated rings. The second kappa shape index (κ2) is 8.73. The number of ketones is 1. The van der Waals surface area contributed by atoms with Crippen molar-refractivity contribution in [2.45, 2.75) is 13.0 Å². The van der Waals surface area contributed by atoms with Crippen LogP contribution in [0.4, 0.5) is 0 Å². The molecule has 1 unspecified atom stereocenters. The smallest absolute Gasteiger partial charge is 0.326 e. The van der Waals surface area contributed by atoms with Crippen LogP contribution in [0, 0.1) is 0 Å². The fourth-order valence-corrected chi connectivity index (χ4v) is 4.09. The molecule has 5 nitrogen and oxygen atoms in total. The molecule has 3 aromatic rings. The molecule has 0 bridgehead atoms. The number of Topliss-reactive ketones (excluding diaryl/α,β-unsaturated/α-hetero) is 1. The van der Waals surface area contributed by atoms with E-state index in [0.717, 1.165) is 10.1 Å². The van der Waals surface area contributed by atoms with Crippen LogP contribution in [0.1, 0.15) is 27.0 Å². The van der Waals surface area contributed by atoms with Crippen LogP contribution in [0.25, 0.3) is 10.1 Å². The maximum Gasteiger partial charge on any atom is 0.326 e. The number of thiophene rings is 1. The van der Waals surface area contributed by atoms with E-state index in [9.17, 15) is 14.4 Å². The highest BCUT2D eigenvalue weighted by Crippen LogP contribution is 2.34. The number of rotatable bonds is 6. The first-order chi connectivity index (χ1) is 13.4. The summed E-state index contributed by atoms with van der Waals surface area (Å²) in [6.07, 6.45) is -0.988. The number of halogens is 2. The van der Waals surface area contributed by atoms with Gasteiger partial charge in [-0.25, -0.2) is 0 Å². The molecule has 28 heavy (non-hydrogen) atoms. The van der Waals surface area contributed by atoms with Gasteiger partial charge in [0.15, 0.2) is 6.10 Å². The van der Waals surface area contributed by atoms with Gasteiger partial charge in [-0.2, -0.15) is 0 Å². The largest absolute Gasteiger partial charge is 0.453 e. The van der Waals surface area contributed by atoms with Gasteiger partial charge in [-0.1, -0.05) is 41.4 Å². The van der Waals surface area contributed by atoms with Crippen molar-refractivity contribution in [3.63, 3.8) is 0 Å². The third kappa shape index (κ3) is 4.52. The second-order valence-corrected chi connectivity index (χ2v) is 7.79. The Morgan fingerprint density at radius 3 is 2.43 bits per heavy atom. The number of ether oxygens (including phenoxy) is 1. The van der Waals surface area contributed by atoms with E-state index in [1.54, 1.807) is 24.3 Å². The summed E-state index contributed by atoms with van der Waals surface area (Å²) in [6, 6.07) is 13.6. The molecule has 8 heteroatoms. The third-order valence-electron chi connectivity index (χ3n) is 3.94. The molecule has 3 rings (SSSR count). The first-order valence-corrected chi connectivity index (χ1v) is 9.88. The van der Waals surface area contributed by atoms with E-state index in [1.807, 2.05) is 24.3 Å². The van der Waals surface area contributed by atoms with E-state index in [1.165, 1.54) is 18.3 Å². The van der Waals surface area contributed by atoms with E-state index in [4.69, 9.17) is 27.9 Å². The highest BCUT2D eigenvalue weighted by Gasteiger charge is 2.21. The summed E-state index contributed by atoms with van der Waals surface area (Å²) in [5.41, 5.74) is 0.380. The van der Waals surface area contributed by atoms with Crippen molar-refractivity contribution in [1.29, 1.82) is 0 Å². The summed E-state index contributed by atoms with van der Waals surface area (Å²) >= 11 is 13.3. The van der Waals surface area contributed by atoms with Crippen LogP contribution in [-0.2, 0) is 9.53 Å². The average molecular weight is 436 g/mol. The Morgan fingerprint density at radius 1 is 1.07 bits per heavy atom. The van der Waals surface area contributed by atoms with Gasteiger partial charge in [0.05, 0.1) is 5.02 Å². The van der Waals surface area contributed by atoms with E-state index >= 15 is 0 Å². The van der Waals surface area contributed by atoms with Crippen LogP contribution in [0.2, 0.25) is 10.0 Å². The second-order valence-electron chi connectivity index (χ2n) is 5.93. The molecule has 1 N–H and O–H groups in total. The third-order valence-corrected chi connectivity index (χ3v) is 5.87. The maximum atomic E-state index is 12.3. The van der Waals surface area contributed by atoms with Crippen molar-refractivity contribution in [2.75, 3.05) is 6.54 Å². The number of hydrogen-bond acceptors (Lipinski definition) is 5. The van der Waals surface area contributed by atoms with Crippen LogP contribution >= 0.6 is 34.5 Å². The molecule has 1 heterocycles. The summed E-state index contributed by atoms with van der Waals surface area (Å²) in [5.74, 6) is -1.55. The van der Waals surface area contributed by atoms with Crippen LogP contribution < -0.4 is 5.32 Å². The minimum absolute atomic E-state index is 0.320. The van der Waals surface area contributed by atoms with Gasteiger partial charge in [-0.15, -0.1) is 11.3 Å². The fourth-order valence-electron chi connectivity index (χ4n) is 2.53. The molecule has 0 aliphatic heterocycles. The van der Waals surface area contributed by atoms with Gasteiger partial charge in [0.1, 0.15) is 11.4 Å². The maximum absolute atomic E-state index is 12.3. The summed E-state index contributed by atoms with van der Waals surface area (Å²) in [7, 11) is 0. The predicted octanol–water partition coefficient (Wildman–Crippen LogP) is 4.75. The Morgan fingerprint density at radius 2 is 1.75 bits per heavy atom. The van der Waals surface area contributed by atoms with Gasteiger partial charge in [-0.05, 0) is 37.3 Å².